The van der Waals surface area contributed by atoms with Crippen LogP contribution in [0, 0.1) is 11.8 Å². The smallest absolute Gasteiger partial charge is 0.202 e. The number of aromatic nitrogens is 6. The molecule has 2 unspecified atom stereocenters. The van der Waals surface area contributed by atoms with Gasteiger partial charge in [0.1, 0.15) is 9.40 Å². The predicted molar refractivity (Wildman–Crippen MR) is 160 cm³/mol. The largest absolute Gasteiger partial charge is 0.394 e. The van der Waals surface area contributed by atoms with Gasteiger partial charge in [-0.25, -0.2) is 29.9 Å². The number of anilines is 2. The molecule has 0 amide bonds. The second kappa shape index (κ2) is 13.4. The fourth-order valence-electron chi connectivity index (χ4n) is 3.79. The number of fused-ring (bicyclic) bond motifs is 2. The summed E-state index contributed by atoms with van der Waals surface area (Å²) in [5.74, 6) is 1.94. The Bertz CT molecular complexity index is 1280. The number of aliphatic hydroxyl groups excluding tert-OH is 2. The van der Waals surface area contributed by atoms with Gasteiger partial charge in [-0.3, -0.25) is 0 Å². The molecule has 38 heavy (non-hydrogen) atoms. The summed E-state index contributed by atoms with van der Waals surface area (Å²) in [5, 5.41) is 27.3. The Kier molecular flexibility index (Phi) is 10.5. The molecule has 0 aromatic carbocycles. The minimum atomic E-state index is -0.168. The molecule has 0 saturated carbocycles. The SMILES string of the molecule is CC(C)CC(CO)Nc1nc(SSc2nc(NC(CO)CC(C)C)c3sc(Cl)nc3n2)nc2nc(Cl)sc12. The lowest BCUT2D eigenvalue weighted by molar-refractivity contribution is 0.259. The normalized spacial score (nSPS) is 13.6. The van der Waals surface area contributed by atoms with Gasteiger partial charge in [-0.1, -0.05) is 73.6 Å². The van der Waals surface area contributed by atoms with Gasteiger partial charge in [0.05, 0.1) is 25.3 Å². The van der Waals surface area contributed by atoms with Gasteiger partial charge >= 0.3 is 0 Å². The average molecular weight is 636 g/mol. The minimum absolute atomic E-state index is 0.0289. The third kappa shape index (κ3) is 7.68. The van der Waals surface area contributed by atoms with Gasteiger partial charge in [-0.15, -0.1) is 0 Å². The Morgan fingerprint density at radius 2 is 1.08 bits per heavy atom. The molecular weight excluding hydrogens is 607 g/mol. The van der Waals surface area contributed by atoms with Crippen LogP contribution < -0.4 is 10.6 Å². The monoisotopic (exact) mass is 634 g/mol. The highest BCUT2D eigenvalue weighted by atomic mass is 35.5. The first kappa shape index (κ1) is 29.7. The van der Waals surface area contributed by atoms with Gasteiger partial charge in [0, 0.05) is 0 Å². The summed E-state index contributed by atoms with van der Waals surface area (Å²) in [5.41, 5.74) is 0.956. The van der Waals surface area contributed by atoms with Crippen LogP contribution in [0.2, 0.25) is 8.93 Å². The number of rotatable bonds is 13. The minimum Gasteiger partial charge on any atom is -0.394 e. The van der Waals surface area contributed by atoms with Crippen LogP contribution in [-0.4, -0.2) is 65.4 Å². The second-order valence-corrected chi connectivity index (χ2v) is 14.6. The first-order chi connectivity index (χ1) is 18.1. The fraction of sp³-hybridized carbons (Fsp3) is 0.545. The highest BCUT2D eigenvalue weighted by Gasteiger charge is 2.20. The van der Waals surface area contributed by atoms with E-state index in [4.69, 9.17) is 23.2 Å². The second-order valence-electron chi connectivity index (χ2n) is 9.42. The van der Waals surface area contributed by atoms with Gasteiger partial charge in [0.2, 0.25) is 10.3 Å². The number of hydrogen-bond acceptors (Lipinski definition) is 14. The number of halogens is 2. The molecule has 4 heterocycles. The van der Waals surface area contributed by atoms with Crippen molar-refractivity contribution in [2.45, 2.75) is 62.9 Å². The molecular formula is C22H28Cl2N8O2S4. The summed E-state index contributed by atoms with van der Waals surface area (Å²) in [6.07, 6.45) is 1.55. The molecule has 0 radical (unpaired) electrons. The molecule has 0 aliphatic carbocycles. The summed E-state index contributed by atoms with van der Waals surface area (Å²) in [6, 6.07) is -0.336. The van der Waals surface area contributed by atoms with Crippen molar-refractivity contribution in [1.82, 2.24) is 29.9 Å². The van der Waals surface area contributed by atoms with E-state index in [0.29, 0.717) is 54.0 Å². The summed E-state index contributed by atoms with van der Waals surface area (Å²) >= 11 is 14.9. The van der Waals surface area contributed by atoms with Crippen molar-refractivity contribution >= 4 is 99.8 Å². The molecule has 4 N–H and O–H groups in total. The van der Waals surface area contributed by atoms with Gasteiger partial charge in [-0.05, 0) is 46.3 Å². The molecule has 16 heteroatoms. The number of nitrogens with zero attached hydrogens (tertiary/aromatic N) is 6. The Balaban J connectivity index is 1.60. The highest BCUT2D eigenvalue weighted by Crippen LogP contribution is 2.40. The Morgan fingerprint density at radius 1 is 0.684 bits per heavy atom. The van der Waals surface area contributed by atoms with Crippen LogP contribution in [0.3, 0.4) is 0 Å². The molecule has 0 aliphatic rings. The van der Waals surface area contributed by atoms with Crippen LogP contribution in [0.15, 0.2) is 10.3 Å². The zero-order valence-corrected chi connectivity index (χ0v) is 25.9. The lowest BCUT2D eigenvalue weighted by Crippen LogP contribution is -2.26. The molecule has 4 aromatic rings. The van der Waals surface area contributed by atoms with Crippen LogP contribution in [0.5, 0.6) is 0 Å². The molecule has 206 valence electrons. The number of nitrogens with one attached hydrogen (secondary N) is 2. The van der Waals surface area contributed by atoms with Crippen molar-refractivity contribution in [3.8, 4) is 0 Å². The fourth-order valence-corrected chi connectivity index (χ4v) is 7.33. The highest BCUT2D eigenvalue weighted by molar-refractivity contribution is 8.76. The van der Waals surface area contributed by atoms with Crippen molar-refractivity contribution in [2.24, 2.45) is 11.8 Å². The third-order valence-electron chi connectivity index (χ3n) is 5.24. The Morgan fingerprint density at radius 3 is 1.42 bits per heavy atom. The summed E-state index contributed by atoms with van der Waals surface area (Å²) in [6.45, 7) is 8.34. The maximum Gasteiger partial charge on any atom is 0.202 e. The van der Waals surface area contributed by atoms with Crippen LogP contribution >= 0.6 is 67.5 Å². The molecule has 0 aliphatic heterocycles. The quantitative estimate of drug-likeness (QED) is 0.0977. The van der Waals surface area contributed by atoms with Crippen molar-refractivity contribution in [1.29, 1.82) is 0 Å². The topological polar surface area (TPSA) is 142 Å². The third-order valence-corrected chi connectivity index (χ3v) is 9.44. The molecule has 4 aromatic heterocycles. The van der Waals surface area contributed by atoms with Gasteiger partial charge in [0.25, 0.3) is 0 Å². The summed E-state index contributed by atoms with van der Waals surface area (Å²) in [4.78, 5) is 27.1. The summed E-state index contributed by atoms with van der Waals surface area (Å²) < 4.78 is 2.18. The van der Waals surface area contributed by atoms with E-state index in [1.165, 1.54) is 44.3 Å². The van der Waals surface area contributed by atoms with E-state index in [-0.39, 0.29) is 25.3 Å². The van der Waals surface area contributed by atoms with Crippen LogP contribution in [0.1, 0.15) is 40.5 Å². The van der Waals surface area contributed by atoms with Crippen LogP contribution in [0.25, 0.3) is 20.7 Å². The maximum atomic E-state index is 9.87. The van der Waals surface area contributed by atoms with Crippen molar-refractivity contribution in [2.75, 3.05) is 23.8 Å². The lowest BCUT2D eigenvalue weighted by atomic mass is 10.0. The molecule has 4 rings (SSSR count). The summed E-state index contributed by atoms with van der Waals surface area (Å²) in [7, 11) is 2.55. The number of thiazole rings is 2. The molecule has 0 fully saturated rings. The van der Waals surface area contributed by atoms with Gasteiger partial charge < -0.3 is 20.8 Å². The van der Waals surface area contributed by atoms with Crippen LogP contribution in [0.4, 0.5) is 11.6 Å². The zero-order chi connectivity index (χ0) is 27.4. The van der Waals surface area contributed by atoms with Gasteiger partial charge in [-0.2, -0.15) is 0 Å². The number of hydrogen-bond donors (Lipinski definition) is 4. The van der Waals surface area contributed by atoms with E-state index in [9.17, 15) is 10.2 Å². The van der Waals surface area contributed by atoms with Crippen molar-refractivity contribution < 1.29 is 10.2 Å². The zero-order valence-electron chi connectivity index (χ0n) is 21.1. The van der Waals surface area contributed by atoms with E-state index in [1.54, 1.807) is 0 Å². The molecule has 0 bridgehead atoms. The lowest BCUT2D eigenvalue weighted by Gasteiger charge is -2.19. The predicted octanol–water partition coefficient (Wildman–Crippen LogP) is 6.23. The maximum absolute atomic E-state index is 9.87. The van der Waals surface area contributed by atoms with Gasteiger partial charge in [0.15, 0.2) is 31.9 Å². The van der Waals surface area contributed by atoms with Crippen LogP contribution in [-0.2, 0) is 0 Å². The van der Waals surface area contributed by atoms with E-state index in [0.717, 1.165) is 22.2 Å². The standard InChI is InChI=1S/C22H28Cl2N8O2S4/c1-9(2)5-11(7-33)25-15-13-17(27-19(23)35-13)31-21(29-15)37-38-22-30-16(26-12(8-34)6-10(3)4)14-18(32-22)28-20(24)36-14/h9-12,33-34H,5-8H2,1-4H3,(H,25,29,31)(H,26,30,32). The molecule has 2 atom stereocenters. The van der Waals surface area contributed by atoms with E-state index in [1.807, 2.05) is 0 Å². The molecule has 10 nitrogen and oxygen atoms in total. The Labute approximate surface area is 246 Å². The molecule has 0 spiro atoms. The van der Waals surface area contributed by atoms with Crippen molar-refractivity contribution in [3.63, 3.8) is 0 Å². The number of aliphatic hydroxyl groups is 2. The molecule has 0 saturated heterocycles. The average Bonchev–Trinajstić information content (AvgIpc) is 3.42. The van der Waals surface area contributed by atoms with E-state index < -0.39 is 0 Å². The van der Waals surface area contributed by atoms with Crippen molar-refractivity contribution in [3.05, 3.63) is 8.93 Å². The first-order valence-corrected chi connectivity index (χ1v) is 16.5. The first-order valence-electron chi connectivity index (χ1n) is 11.9. The van der Waals surface area contributed by atoms with E-state index >= 15 is 0 Å². The van der Waals surface area contributed by atoms with E-state index in [2.05, 4.69) is 68.2 Å². The Hall–Kier alpha value is -1.26.